The molecule has 0 bridgehead atoms. The van der Waals surface area contributed by atoms with Crippen LogP contribution in [0.2, 0.25) is 0 Å². The Morgan fingerprint density at radius 1 is 1.26 bits per heavy atom. The molecule has 0 heterocycles. The molecular weight excluding hydrogens is 288 g/mol. The number of carbonyl (C=O) groups excluding carboxylic acids is 2. The zero-order chi connectivity index (χ0) is 16.2. The number of hydrogen-bond acceptors (Lipinski definition) is 3. The van der Waals surface area contributed by atoms with Gasteiger partial charge in [0.1, 0.15) is 6.10 Å². The summed E-state index contributed by atoms with van der Waals surface area (Å²) in [5.74, 6) is 2.59. The smallest absolute Gasteiger partial charge is 0.302 e. The molecule has 2 saturated carbocycles. The molecule has 0 amide bonds. The summed E-state index contributed by atoms with van der Waals surface area (Å²) in [7, 11) is 0. The molecule has 0 radical (unpaired) electrons. The van der Waals surface area contributed by atoms with E-state index in [2.05, 4.69) is 19.1 Å². The van der Waals surface area contributed by atoms with Crippen molar-refractivity contribution in [1.29, 1.82) is 0 Å². The van der Waals surface area contributed by atoms with E-state index in [-0.39, 0.29) is 23.3 Å². The Bertz CT molecular complexity index is 602. The van der Waals surface area contributed by atoms with Crippen molar-refractivity contribution in [1.82, 2.24) is 0 Å². The van der Waals surface area contributed by atoms with Crippen molar-refractivity contribution in [3.05, 3.63) is 23.8 Å². The Hall–Kier alpha value is -1.38. The van der Waals surface area contributed by atoms with Gasteiger partial charge in [0, 0.05) is 18.8 Å². The minimum atomic E-state index is -0.144. The van der Waals surface area contributed by atoms with Crippen molar-refractivity contribution in [2.75, 3.05) is 0 Å². The fourth-order valence-electron chi connectivity index (χ4n) is 6.00. The molecule has 0 aromatic heterocycles. The fourth-order valence-corrected chi connectivity index (χ4v) is 6.00. The van der Waals surface area contributed by atoms with E-state index in [4.69, 9.17) is 4.74 Å². The van der Waals surface area contributed by atoms with Gasteiger partial charge in [0.25, 0.3) is 0 Å². The number of allylic oxidation sites excluding steroid dienone is 4. The van der Waals surface area contributed by atoms with Gasteiger partial charge in [-0.25, -0.2) is 0 Å². The lowest BCUT2D eigenvalue weighted by Crippen LogP contribution is -2.47. The second kappa shape index (κ2) is 5.32. The Morgan fingerprint density at radius 2 is 2.09 bits per heavy atom. The first-order valence-corrected chi connectivity index (χ1v) is 9.09. The lowest BCUT2D eigenvalue weighted by Gasteiger charge is -2.51. The SMILES string of the molecule is CC(=O)O[C@H]1CC[C@H]2[C@@H]3C=CC4=CC(=O)CC[C@@H]4[C@@H]3CC[C@]12C. The molecule has 4 rings (SSSR count). The van der Waals surface area contributed by atoms with Crippen LogP contribution in [-0.2, 0) is 14.3 Å². The number of fused-ring (bicyclic) bond motifs is 5. The second-order valence-corrected chi connectivity index (χ2v) is 8.18. The van der Waals surface area contributed by atoms with Crippen molar-refractivity contribution in [3.8, 4) is 0 Å². The minimum absolute atomic E-state index is 0.0872. The molecule has 2 fully saturated rings. The van der Waals surface area contributed by atoms with Gasteiger partial charge in [0.2, 0.25) is 0 Å². The average Bonchev–Trinajstić information content (AvgIpc) is 2.83. The minimum Gasteiger partial charge on any atom is -0.462 e. The number of ether oxygens (including phenoxy) is 1. The number of hydrogen-bond donors (Lipinski definition) is 0. The molecule has 0 N–H and O–H groups in total. The monoisotopic (exact) mass is 314 g/mol. The standard InChI is InChI=1S/C20H26O3/c1-12(21)23-19-8-7-18-17-5-3-13-11-14(22)4-6-15(13)16(17)9-10-20(18,19)2/h3,5,11,15-19H,4,6-10H2,1-2H3/t15-,16-,17+,18-,19-,20-/m0/s1. The molecule has 23 heavy (non-hydrogen) atoms. The van der Waals surface area contributed by atoms with E-state index in [1.165, 1.54) is 18.9 Å². The molecule has 0 aromatic carbocycles. The summed E-state index contributed by atoms with van der Waals surface area (Å²) in [5, 5.41) is 0. The maximum atomic E-state index is 11.7. The van der Waals surface area contributed by atoms with Crippen LogP contribution >= 0.6 is 0 Å². The highest BCUT2D eigenvalue weighted by molar-refractivity contribution is 5.91. The third kappa shape index (κ3) is 2.31. The molecule has 0 aromatic rings. The predicted molar refractivity (Wildman–Crippen MR) is 87.6 cm³/mol. The Labute approximate surface area is 138 Å². The largest absolute Gasteiger partial charge is 0.462 e. The molecule has 0 unspecified atom stereocenters. The van der Waals surface area contributed by atoms with Crippen LogP contribution in [0, 0.1) is 29.1 Å². The Kier molecular flexibility index (Phi) is 3.51. The van der Waals surface area contributed by atoms with Crippen LogP contribution in [0.15, 0.2) is 23.8 Å². The summed E-state index contributed by atoms with van der Waals surface area (Å²) < 4.78 is 5.67. The topological polar surface area (TPSA) is 43.4 Å². The number of rotatable bonds is 1. The maximum absolute atomic E-state index is 11.7. The van der Waals surface area contributed by atoms with Crippen LogP contribution in [-0.4, -0.2) is 17.9 Å². The van der Waals surface area contributed by atoms with E-state index in [9.17, 15) is 9.59 Å². The lowest BCUT2D eigenvalue weighted by molar-refractivity contribution is -0.155. The van der Waals surface area contributed by atoms with Crippen molar-refractivity contribution >= 4 is 11.8 Å². The Morgan fingerprint density at radius 3 is 2.87 bits per heavy atom. The third-order valence-corrected chi connectivity index (χ3v) is 7.09. The van der Waals surface area contributed by atoms with E-state index in [0.717, 1.165) is 25.7 Å². The number of ketones is 1. The fraction of sp³-hybridized carbons (Fsp3) is 0.700. The highest BCUT2D eigenvalue weighted by Crippen LogP contribution is 2.60. The highest BCUT2D eigenvalue weighted by Gasteiger charge is 2.56. The quantitative estimate of drug-likeness (QED) is 0.691. The van der Waals surface area contributed by atoms with Gasteiger partial charge < -0.3 is 4.74 Å². The third-order valence-electron chi connectivity index (χ3n) is 7.09. The van der Waals surface area contributed by atoms with E-state index in [1.54, 1.807) is 0 Å². The average molecular weight is 314 g/mol. The zero-order valence-electron chi connectivity index (χ0n) is 14.1. The van der Waals surface area contributed by atoms with Crippen molar-refractivity contribution in [3.63, 3.8) is 0 Å². The summed E-state index contributed by atoms with van der Waals surface area (Å²) in [4.78, 5) is 23.1. The van der Waals surface area contributed by atoms with Crippen LogP contribution in [0.1, 0.15) is 52.4 Å². The van der Waals surface area contributed by atoms with Gasteiger partial charge in [-0.1, -0.05) is 19.1 Å². The predicted octanol–water partition coefficient (Wildman–Crippen LogP) is 3.84. The van der Waals surface area contributed by atoms with Gasteiger partial charge in [-0.3, -0.25) is 9.59 Å². The molecule has 124 valence electrons. The molecule has 6 atom stereocenters. The molecule has 3 nitrogen and oxygen atoms in total. The first kappa shape index (κ1) is 15.2. The van der Waals surface area contributed by atoms with Gasteiger partial charge in [0.05, 0.1) is 0 Å². The summed E-state index contributed by atoms with van der Waals surface area (Å²) >= 11 is 0. The van der Waals surface area contributed by atoms with E-state index in [0.29, 0.717) is 30.1 Å². The molecule has 4 aliphatic rings. The van der Waals surface area contributed by atoms with Crippen molar-refractivity contribution < 1.29 is 14.3 Å². The number of carbonyl (C=O) groups is 2. The van der Waals surface area contributed by atoms with Crippen LogP contribution < -0.4 is 0 Å². The summed E-state index contributed by atoms with van der Waals surface area (Å²) in [6.45, 7) is 3.86. The van der Waals surface area contributed by atoms with Gasteiger partial charge in [0.15, 0.2) is 5.78 Å². The zero-order valence-corrected chi connectivity index (χ0v) is 14.1. The summed E-state index contributed by atoms with van der Waals surface area (Å²) in [6.07, 6.45) is 12.8. The molecule has 0 spiro atoms. The van der Waals surface area contributed by atoms with Gasteiger partial charge in [-0.05, 0) is 67.4 Å². The van der Waals surface area contributed by atoms with Crippen molar-refractivity contribution in [2.45, 2.75) is 58.5 Å². The summed E-state index contributed by atoms with van der Waals surface area (Å²) in [6, 6.07) is 0. The molecule has 0 aliphatic heterocycles. The first-order chi connectivity index (χ1) is 11.0. The summed E-state index contributed by atoms with van der Waals surface area (Å²) in [5.41, 5.74) is 1.39. The maximum Gasteiger partial charge on any atom is 0.302 e. The first-order valence-electron chi connectivity index (χ1n) is 9.09. The van der Waals surface area contributed by atoms with Crippen LogP contribution in [0.4, 0.5) is 0 Å². The molecular formula is C20H26O3. The molecule has 0 saturated heterocycles. The van der Waals surface area contributed by atoms with Gasteiger partial charge >= 0.3 is 5.97 Å². The van der Waals surface area contributed by atoms with E-state index in [1.807, 2.05) is 6.08 Å². The van der Waals surface area contributed by atoms with E-state index < -0.39 is 0 Å². The van der Waals surface area contributed by atoms with Gasteiger partial charge in [-0.15, -0.1) is 0 Å². The van der Waals surface area contributed by atoms with Gasteiger partial charge in [-0.2, -0.15) is 0 Å². The van der Waals surface area contributed by atoms with E-state index >= 15 is 0 Å². The second-order valence-electron chi connectivity index (χ2n) is 8.18. The Balaban J connectivity index is 1.62. The lowest BCUT2D eigenvalue weighted by atomic mass is 9.54. The molecule has 4 aliphatic carbocycles. The highest BCUT2D eigenvalue weighted by atomic mass is 16.5. The van der Waals surface area contributed by atoms with Crippen molar-refractivity contribution in [2.24, 2.45) is 29.1 Å². The number of esters is 1. The van der Waals surface area contributed by atoms with Crippen LogP contribution in [0.5, 0.6) is 0 Å². The normalized spacial score (nSPS) is 44.9. The van der Waals surface area contributed by atoms with Crippen LogP contribution in [0.3, 0.4) is 0 Å². The van der Waals surface area contributed by atoms with Crippen LogP contribution in [0.25, 0.3) is 0 Å². The molecule has 3 heteroatoms.